The first-order valence-electron chi connectivity index (χ1n) is 7.10. The van der Waals surface area contributed by atoms with Crippen molar-refractivity contribution in [1.82, 2.24) is 15.1 Å². The number of likely N-dealkylation sites (tertiary alicyclic amines) is 1. The summed E-state index contributed by atoms with van der Waals surface area (Å²) >= 11 is 0. The monoisotopic (exact) mass is 269 g/mol. The van der Waals surface area contributed by atoms with Gasteiger partial charge in [-0.25, -0.2) is 4.79 Å². The molecule has 108 valence electrons. The van der Waals surface area contributed by atoms with Gasteiger partial charge in [0.05, 0.1) is 13.2 Å². The van der Waals surface area contributed by atoms with E-state index in [1.54, 1.807) is 11.8 Å². The molecule has 0 aromatic heterocycles. The molecule has 0 saturated carbocycles. The summed E-state index contributed by atoms with van der Waals surface area (Å²) in [6, 6.07) is -0.616. The molecule has 0 aromatic rings. The van der Waals surface area contributed by atoms with Gasteiger partial charge in [0.25, 0.3) is 0 Å². The average molecular weight is 269 g/mol. The Kier molecular flexibility index (Phi) is 5.01. The molecular formula is C13H23N3O3. The lowest BCUT2D eigenvalue weighted by Gasteiger charge is -2.31. The van der Waals surface area contributed by atoms with E-state index in [4.69, 9.17) is 4.74 Å². The molecule has 0 spiro atoms. The molecule has 19 heavy (non-hydrogen) atoms. The van der Waals surface area contributed by atoms with Gasteiger partial charge in [0.15, 0.2) is 0 Å². The van der Waals surface area contributed by atoms with Crippen LogP contribution in [0.4, 0.5) is 4.79 Å². The SMILES string of the molecule is C[C@@H](NC(=O)N1CCOCC1)C(=O)N1CCCCC1. The van der Waals surface area contributed by atoms with Crippen LogP contribution >= 0.6 is 0 Å². The second-order valence-corrected chi connectivity index (χ2v) is 5.16. The van der Waals surface area contributed by atoms with Crippen molar-refractivity contribution >= 4 is 11.9 Å². The smallest absolute Gasteiger partial charge is 0.318 e. The van der Waals surface area contributed by atoms with Gasteiger partial charge in [0.1, 0.15) is 6.04 Å². The van der Waals surface area contributed by atoms with Crippen LogP contribution in [0.25, 0.3) is 0 Å². The van der Waals surface area contributed by atoms with Gasteiger partial charge >= 0.3 is 6.03 Å². The number of rotatable bonds is 2. The van der Waals surface area contributed by atoms with E-state index in [1.165, 1.54) is 6.42 Å². The number of urea groups is 1. The van der Waals surface area contributed by atoms with Crippen LogP contribution in [0, 0.1) is 0 Å². The van der Waals surface area contributed by atoms with E-state index >= 15 is 0 Å². The molecule has 1 atom stereocenters. The summed E-state index contributed by atoms with van der Waals surface area (Å²) in [7, 11) is 0. The van der Waals surface area contributed by atoms with Crippen LogP contribution in [0.5, 0.6) is 0 Å². The third-order valence-electron chi connectivity index (χ3n) is 3.68. The van der Waals surface area contributed by atoms with Crippen molar-refractivity contribution < 1.29 is 14.3 Å². The minimum absolute atomic E-state index is 0.0290. The maximum Gasteiger partial charge on any atom is 0.318 e. The second-order valence-electron chi connectivity index (χ2n) is 5.16. The fourth-order valence-corrected chi connectivity index (χ4v) is 2.49. The molecule has 2 aliphatic heterocycles. The van der Waals surface area contributed by atoms with Crippen molar-refractivity contribution in [3.63, 3.8) is 0 Å². The van der Waals surface area contributed by atoms with Gasteiger partial charge in [0, 0.05) is 26.2 Å². The van der Waals surface area contributed by atoms with Crippen LogP contribution in [0.2, 0.25) is 0 Å². The summed E-state index contributed by atoms with van der Waals surface area (Å²) in [5.41, 5.74) is 0. The fraction of sp³-hybridized carbons (Fsp3) is 0.846. The Labute approximate surface area is 114 Å². The summed E-state index contributed by atoms with van der Waals surface area (Å²) in [6.45, 7) is 5.72. The Morgan fingerprint density at radius 2 is 1.63 bits per heavy atom. The molecule has 6 nitrogen and oxygen atoms in total. The molecule has 1 N–H and O–H groups in total. The summed E-state index contributed by atoms with van der Waals surface area (Å²) in [4.78, 5) is 27.7. The number of hydrogen-bond donors (Lipinski definition) is 1. The standard InChI is InChI=1S/C13H23N3O3/c1-11(12(17)15-5-3-2-4-6-15)14-13(18)16-7-9-19-10-8-16/h11H,2-10H2,1H3,(H,14,18)/t11-/m1/s1. The number of hydrogen-bond acceptors (Lipinski definition) is 3. The largest absolute Gasteiger partial charge is 0.378 e. The van der Waals surface area contributed by atoms with Crippen LogP contribution in [0.3, 0.4) is 0 Å². The molecule has 2 fully saturated rings. The number of carbonyl (C=O) groups excluding carboxylic acids is 2. The van der Waals surface area contributed by atoms with Crippen LogP contribution in [0.15, 0.2) is 0 Å². The van der Waals surface area contributed by atoms with E-state index in [2.05, 4.69) is 5.32 Å². The molecule has 3 amide bonds. The van der Waals surface area contributed by atoms with Crippen LogP contribution < -0.4 is 5.32 Å². The highest BCUT2D eigenvalue weighted by atomic mass is 16.5. The molecule has 6 heteroatoms. The van der Waals surface area contributed by atoms with Crippen LogP contribution in [-0.4, -0.2) is 67.2 Å². The molecule has 2 heterocycles. The Balaban J connectivity index is 1.80. The van der Waals surface area contributed by atoms with Crippen molar-refractivity contribution in [2.24, 2.45) is 0 Å². The first-order chi connectivity index (χ1) is 9.18. The van der Waals surface area contributed by atoms with E-state index in [0.29, 0.717) is 26.3 Å². The van der Waals surface area contributed by atoms with Gasteiger partial charge < -0.3 is 19.9 Å². The maximum atomic E-state index is 12.2. The third-order valence-corrected chi connectivity index (χ3v) is 3.68. The molecule has 0 unspecified atom stereocenters. The van der Waals surface area contributed by atoms with E-state index in [1.807, 2.05) is 4.90 Å². The zero-order valence-corrected chi connectivity index (χ0v) is 11.6. The molecule has 0 bridgehead atoms. The number of morpholine rings is 1. The summed E-state index contributed by atoms with van der Waals surface area (Å²) in [6.07, 6.45) is 3.32. The van der Waals surface area contributed by atoms with Gasteiger partial charge in [0.2, 0.25) is 5.91 Å². The molecule has 2 saturated heterocycles. The number of ether oxygens (including phenoxy) is 1. The van der Waals surface area contributed by atoms with E-state index in [0.717, 1.165) is 25.9 Å². The number of amides is 3. The zero-order valence-electron chi connectivity index (χ0n) is 11.6. The molecule has 0 aromatic carbocycles. The summed E-state index contributed by atoms with van der Waals surface area (Å²) < 4.78 is 5.20. The lowest BCUT2D eigenvalue weighted by Crippen LogP contribution is -2.53. The second kappa shape index (κ2) is 6.75. The first-order valence-corrected chi connectivity index (χ1v) is 7.10. The molecule has 2 rings (SSSR count). The number of carbonyl (C=O) groups is 2. The van der Waals surface area contributed by atoms with E-state index < -0.39 is 6.04 Å². The van der Waals surface area contributed by atoms with Gasteiger partial charge in [-0.3, -0.25) is 4.79 Å². The van der Waals surface area contributed by atoms with Gasteiger partial charge in [-0.15, -0.1) is 0 Å². The Bertz CT molecular complexity index is 323. The third kappa shape index (κ3) is 3.83. The van der Waals surface area contributed by atoms with E-state index in [-0.39, 0.29) is 11.9 Å². The highest BCUT2D eigenvalue weighted by Crippen LogP contribution is 2.10. The maximum absolute atomic E-state index is 12.2. The van der Waals surface area contributed by atoms with Crippen molar-refractivity contribution in [1.29, 1.82) is 0 Å². The summed E-state index contributed by atoms with van der Waals surface area (Å²) in [5.74, 6) is 0.0290. The van der Waals surface area contributed by atoms with Gasteiger partial charge in [-0.1, -0.05) is 0 Å². The predicted octanol–water partition coefficient (Wildman–Crippen LogP) is 0.429. The Morgan fingerprint density at radius 3 is 2.26 bits per heavy atom. The highest BCUT2D eigenvalue weighted by Gasteiger charge is 2.25. The molecular weight excluding hydrogens is 246 g/mol. The van der Waals surface area contributed by atoms with Gasteiger partial charge in [-0.05, 0) is 26.2 Å². The fourth-order valence-electron chi connectivity index (χ4n) is 2.49. The van der Waals surface area contributed by atoms with Crippen LogP contribution in [0.1, 0.15) is 26.2 Å². The lowest BCUT2D eigenvalue weighted by molar-refractivity contribution is -0.133. The van der Waals surface area contributed by atoms with Crippen molar-refractivity contribution in [2.45, 2.75) is 32.2 Å². The molecule has 0 aliphatic carbocycles. The quantitative estimate of drug-likeness (QED) is 0.791. The van der Waals surface area contributed by atoms with E-state index in [9.17, 15) is 9.59 Å². The zero-order chi connectivity index (χ0) is 13.7. The van der Waals surface area contributed by atoms with Gasteiger partial charge in [-0.2, -0.15) is 0 Å². The average Bonchev–Trinajstić information content (AvgIpc) is 2.48. The normalized spacial score (nSPS) is 21.9. The number of piperidine rings is 1. The topological polar surface area (TPSA) is 61.9 Å². The summed E-state index contributed by atoms with van der Waals surface area (Å²) in [5, 5.41) is 2.79. The van der Waals surface area contributed by atoms with Crippen LogP contribution in [-0.2, 0) is 9.53 Å². The molecule has 2 aliphatic rings. The number of nitrogens with zero attached hydrogens (tertiary/aromatic N) is 2. The minimum atomic E-state index is -0.451. The van der Waals surface area contributed by atoms with Crippen molar-refractivity contribution in [2.75, 3.05) is 39.4 Å². The Morgan fingerprint density at radius 1 is 1.00 bits per heavy atom. The molecule has 0 radical (unpaired) electrons. The predicted molar refractivity (Wildman–Crippen MR) is 70.8 cm³/mol. The van der Waals surface area contributed by atoms with Crippen molar-refractivity contribution in [3.05, 3.63) is 0 Å². The highest BCUT2D eigenvalue weighted by molar-refractivity contribution is 5.86. The number of nitrogens with one attached hydrogen (secondary N) is 1. The first kappa shape index (κ1) is 14.1. The lowest BCUT2D eigenvalue weighted by atomic mass is 10.1. The Hall–Kier alpha value is -1.30. The van der Waals surface area contributed by atoms with Crippen molar-refractivity contribution in [3.8, 4) is 0 Å². The minimum Gasteiger partial charge on any atom is -0.378 e.